The first-order chi connectivity index (χ1) is 16.2. The highest BCUT2D eigenvalue weighted by Gasteiger charge is 2.38. The predicted molar refractivity (Wildman–Crippen MR) is 138 cm³/mol. The fraction of sp³-hybridized carbons (Fsp3) is 0.360. The molecular formula is C25H28Cl2F3N5O. The van der Waals surface area contributed by atoms with Crippen LogP contribution in [-0.2, 0) is 6.18 Å². The molecule has 0 spiro atoms. The van der Waals surface area contributed by atoms with Crippen molar-refractivity contribution in [3.8, 4) is 11.3 Å². The fourth-order valence-corrected chi connectivity index (χ4v) is 4.39. The molecule has 3 heterocycles. The number of piperidine rings is 1. The van der Waals surface area contributed by atoms with Crippen molar-refractivity contribution in [1.29, 1.82) is 0 Å². The van der Waals surface area contributed by atoms with Crippen LogP contribution in [0.5, 0.6) is 0 Å². The third-order valence-corrected chi connectivity index (χ3v) is 6.48. The summed E-state index contributed by atoms with van der Waals surface area (Å²) >= 11 is 0. The monoisotopic (exact) mass is 541 g/mol. The zero-order valence-electron chi connectivity index (χ0n) is 20.1. The van der Waals surface area contributed by atoms with E-state index in [4.69, 9.17) is 0 Å². The number of amides is 1. The smallest absolute Gasteiger partial charge is 0.355 e. The summed E-state index contributed by atoms with van der Waals surface area (Å²) < 4.78 is 39.9. The standard InChI is InChI=1S/C25H26F3N5O.2ClH/c1-16-17(2)23(31-30-21(16)18-8-5-4-6-9-18)33-14-11-19(12-15-33)32(3)24(34)20-10-7-13-29-22(20)25(26,27)28;;/h4-10,13,19H,11-12,14-15H2,1-3H3;2*1H. The summed E-state index contributed by atoms with van der Waals surface area (Å²) in [5.41, 5.74) is 2.38. The topological polar surface area (TPSA) is 62.2 Å². The Kier molecular flexibility index (Phi) is 9.68. The van der Waals surface area contributed by atoms with Gasteiger partial charge in [0.05, 0.1) is 11.3 Å². The van der Waals surface area contributed by atoms with Crippen LogP contribution in [0.2, 0.25) is 0 Å². The number of benzene rings is 1. The zero-order valence-corrected chi connectivity index (χ0v) is 21.8. The summed E-state index contributed by atoms with van der Waals surface area (Å²) in [4.78, 5) is 19.8. The minimum atomic E-state index is -4.68. The zero-order chi connectivity index (χ0) is 24.5. The average molecular weight is 542 g/mol. The van der Waals surface area contributed by atoms with Crippen molar-refractivity contribution in [2.75, 3.05) is 25.0 Å². The highest BCUT2D eigenvalue weighted by molar-refractivity contribution is 5.95. The fourth-order valence-electron chi connectivity index (χ4n) is 4.39. The van der Waals surface area contributed by atoms with Crippen molar-refractivity contribution in [3.63, 3.8) is 0 Å². The number of carbonyl (C=O) groups excluding carboxylic acids is 1. The molecule has 0 aliphatic carbocycles. The third kappa shape index (κ3) is 5.90. The number of halogens is 5. The highest BCUT2D eigenvalue weighted by Crippen LogP contribution is 2.32. The van der Waals surface area contributed by atoms with E-state index in [9.17, 15) is 18.0 Å². The van der Waals surface area contributed by atoms with Gasteiger partial charge in [0.15, 0.2) is 11.5 Å². The van der Waals surface area contributed by atoms with E-state index in [1.165, 1.54) is 17.0 Å². The quantitative estimate of drug-likeness (QED) is 0.420. The van der Waals surface area contributed by atoms with Crippen molar-refractivity contribution < 1.29 is 18.0 Å². The van der Waals surface area contributed by atoms with Gasteiger partial charge in [0, 0.05) is 37.9 Å². The second-order valence-corrected chi connectivity index (χ2v) is 8.52. The molecule has 1 aliphatic rings. The molecule has 0 radical (unpaired) electrons. The Balaban J connectivity index is 0.00000228. The van der Waals surface area contributed by atoms with Gasteiger partial charge in [-0.3, -0.25) is 9.78 Å². The van der Waals surface area contributed by atoms with Gasteiger partial charge in [0.2, 0.25) is 0 Å². The molecule has 194 valence electrons. The molecular weight excluding hydrogens is 514 g/mol. The lowest BCUT2D eigenvalue weighted by atomic mass is 10.00. The Hall–Kier alpha value is -2.91. The third-order valence-electron chi connectivity index (χ3n) is 6.48. The van der Waals surface area contributed by atoms with Crippen LogP contribution in [0.3, 0.4) is 0 Å². The van der Waals surface area contributed by atoms with E-state index in [0.717, 1.165) is 34.4 Å². The lowest BCUT2D eigenvalue weighted by molar-refractivity contribution is -0.141. The first kappa shape index (κ1) is 29.3. The second kappa shape index (κ2) is 11.9. The van der Waals surface area contributed by atoms with Crippen molar-refractivity contribution in [1.82, 2.24) is 20.1 Å². The van der Waals surface area contributed by atoms with Crippen LogP contribution in [0.1, 0.15) is 40.0 Å². The molecule has 1 fully saturated rings. The normalized spacial score (nSPS) is 14.0. The molecule has 0 bridgehead atoms. The average Bonchev–Trinajstić information content (AvgIpc) is 2.85. The lowest BCUT2D eigenvalue weighted by Gasteiger charge is -2.38. The van der Waals surface area contributed by atoms with E-state index >= 15 is 0 Å². The van der Waals surface area contributed by atoms with Crippen molar-refractivity contribution >= 4 is 36.5 Å². The van der Waals surface area contributed by atoms with Gasteiger partial charge in [-0.15, -0.1) is 35.0 Å². The van der Waals surface area contributed by atoms with E-state index in [1.54, 1.807) is 7.05 Å². The number of nitrogens with zero attached hydrogens (tertiary/aromatic N) is 5. The van der Waals surface area contributed by atoms with Crippen LogP contribution >= 0.6 is 24.8 Å². The van der Waals surface area contributed by atoms with Crippen molar-refractivity contribution in [2.45, 2.75) is 38.9 Å². The lowest BCUT2D eigenvalue weighted by Crippen LogP contribution is -2.46. The molecule has 1 aliphatic heterocycles. The van der Waals surface area contributed by atoms with Gasteiger partial charge in [-0.05, 0) is 49.9 Å². The van der Waals surface area contributed by atoms with Gasteiger partial charge in [0.1, 0.15) is 0 Å². The summed E-state index contributed by atoms with van der Waals surface area (Å²) in [7, 11) is 1.56. The molecule has 11 heteroatoms. The van der Waals surface area contributed by atoms with Gasteiger partial charge in [-0.25, -0.2) is 0 Å². The molecule has 0 atom stereocenters. The maximum absolute atomic E-state index is 13.3. The Labute approximate surface area is 220 Å². The number of rotatable bonds is 4. The number of alkyl halides is 3. The molecule has 6 nitrogen and oxygen atoms in total. The minimum Gasteiger partial charge on any atom is -0.355 e. The van der Waals surface area contributed by atoms with Gasteiger partial charge in [-0.1, -0.05) is 30.3 Å². The van der Waals surface area contributed by atoms with Crippen LogP contribution in [0.15, 0.2) is 48.7 Å². The number of pyridine rings is 1. The van der Waals surface area contributed by atoms with E-state index in [1.807, 2.05) is 44.2 Å². The Morgan fingerprint density at radius 2 is 1.61 bits per heavy atom. The summed E-state index contributed by atoms with van der Waals surface area (Å²) in [6.45, 7) is 5.30. The van der Waals surface area contributed by atoms with E-state index in [-0.39, 0.29) is 30.9 Å². The number of hydrogen-bond donors (Lipinski definition) is 0. The SMILES string of the molecule is Cc1c(-c2ccccc2)nnc(N2CCC(N(C)C(=O)c3cccnc3C(F)(F)F)CC2)c1C.Cl.Cl. The van der Waals surface area contributed by atoms with Crippen LogP contribution < -0.4 is 4.90 Å². The highest BCUT2D eigenvalue weighted by atomic mass is 35.5. The molecule has 0 unspecified atom stereocenters. The molecule has 2 aromatic heterocycles. The summed E-state index contributed by atoms with van der Waals surface area (Å²) in [5, 5.41) is 8.96. The molecule has 0 N–H and O–H groups in total. The van der Waals surface area contributed by atoms with Crippen molar-refractivity contribution in [3.05, 3.63) is 71.0 Å². The number of hydrogen-bond acceptors (Lipinski definition) is 5. The van der Waals surface area contributed by atoms with Crippen LogP contribution in [0.25, 0.3) is 11.3 Å². The minimum absolute atomic E-state index is 0. The molecule has 0 saturated carbocycles. The van der Waals surface area contributed by atoms with E-state index in [0.29, 0.717) is 25.9 Å². The molecule has 36 heavy (non-hydrogen) atoms. The summed E-state index contributed by atoms with van der Waals surface area (Å²) in [5.74, 6) is 0.133. The molecule has 3 aromatic rings. The summed E-state index contributed by atoms with van der Waals surface area (Å²) in [6, 6.07) is 12.2. The van der Waals surface area contributed by atoms with Gasteiger partial charge in [-0.2, -0.15) is 13.2 Å². The van der Waals surface area contributed by atoms with Gasteiger partial charge >= 0.3 is 6.18 Å². The summed E-state index contributed by atoms with van der Waals surface area (Å²) in [6.07, 6.45) is -2.40. The number of aromatic nitrogens is 3. The van der Waals surface area contributed by atoms with E-state index < -0.39 is 23.3 Å². The van der Waals surface area contributed by atoms with Crippen LogP contribution in [-0.4, -0.2) is 52.2 Å². The molecule has 4 rings (SSSR count). The first-order valence-electron chi connectivity index (χ1n) is 11.1. The first-order valence-corrected chi connectivity index (χ1v) is 11.1. The van der Waals surface area contributed by atoms with Gasteiger partial charge in [0.25, 0.3) is 5.91 Å². The molecule has 1 aromatic carbocycles. The second-order valence-electron chi connectivity index (χ2n) is 8.52. The van der Waals surface area contributed by atoms with Crippen LogP contribution in [0, 0.1) is 13.8 Å². The van der Waals surface area contributed by atoms with Gasteiger partial charge < -0.3 is 9.80 Å². The molecule has 1 amide bonds. The number of carbonyl (C=O) groups is 1. The Morgan fingerprint density at radius 1 is 0.972 bits per heavy atom. The Bertz CT molecular complexity index is 1190. The maximum Gasteiger partial charge on any atom is 0.434 e. The van der Waals surface area contributed by atoms with E-state index in [2.05, 4.69) is 20.1 Å². The predicted octanol–water partition coefficient (Wildman–Crippen LogP) is 5.76. The largest absolute Gasteiger partial charge is 0.434 e. The number of anilines is 1. The Morgan fingerprint density at radius 3 is 2.22 bits per heavy atom. The van der Waals surface area contributed by atoms with Crippen LogP contribution in [0.4, 0.5) is 19.0 Å². The maximum atomic E-state index is 13.3. The van der Waals surface area contributed by atoms with Crippen molar-refractivity contribution in [2.24, 2.45) is 0 Å². The molecule has 1 saturated heterocycles.